The van der Waals surface area contributed by atoms with E-state index >= 15 is 0 Å². The number of hydrogen-bond acceptors (Lipinski definition) is 2. The van der Waals surface area contributed by atoms with Gasteiger partial charge in [-0.05, 0) is 44.4 Å². The van der Waals surface area contributed by atoms with Gasteiger partial charge in [0.25, 0.3) is 5.91 Å². The number of pyridine rings is 1. The first-order chi connectivity index (χ1) is 7.48. The zero-order valence-corrected chi connectivity index (χ0v) is 10.5. The van der Waals surface area contributed by atoms with Crippen LogP contribution in [0.15, 0.2) is 18.3 Å². The van der Waals surface area contributed by atoms with Crippen LogP contribution in [0.2, 0.25) is 0 Å². The molecule has 16 heavy (non-hydrogen) atoms. The number of hydrogen-bond donors (Lipinski definition) is 1. The summed E-state index contributed by atoms with van der Waals surface area (Å²) in [4.78, 5) is 16.0. The summed E-state index contributed by atoms with van der Waals surface area (Å²) in [5.41, 5.74) is 1.45. The maximum absolute atomic E-state index is 11.9. The predicted octanol–water partition coefficient (Wildman–Crippen LogP) is 2.56. The third kappa shape index (κ3) is 3.33. The summed E-state index contributed by atoms with van der Waals surface area (Å²) in [5, 5.41) is 2.97. The van der Waals surface area contributed by atoms with E-state index in [4.69, 9.17) is 0 Å². The maximum atomic E-state index is 11.9. The molecule has 0 aliphatic rings. The zero-order chi connectivity index (χ0) is 12.2. The summed E-state index contributed by atoms with van der Waals surface area (Å²) in [6.45, 7) is 8.13. The molecular formula is C13H20N2O. The molecule has 3 nitrogen and oxygen atoms in total. The van der Waals surface area contributed by atoms with Crippen LogP contribution in [0, 0.1) is 0 Å². The second kappa shape index (κ2) is 5.10. The number of rotatable bonds is 4. The van der Waals surface area contributed by atoms with Crippen molar-refractivity contribution in [1.29, 1.82) is 0 Å². The van der Waals surface area contributed by atoms with Gasteiger partial charge in [0.1, 0.15) is 5.69 Å². The minimum Gasteiger partial charge on any atom is -0.346 e. The van der Waals surface area contributed by atoms with Crippen LogP contribution >= 0.6 is 0 Å². The van der Waals surface area contributed by atoms with Crippen molar-refractivity contribution in [3.05, 3.63) is 29.6 Å². The topological polar surface area (TPSA) is 42.0 Å². The number of carbonyl (C=O) groups excluding carboxylic acids is 1. The van der Waals surface area contributed by atoms with Crippen LogP contribution < -0.4 is 5.32 Å². The SMILES string of the molecule is CCc1ccnc(C(=O)NC(C)(C)CC)c1. The summed E-state index contributed by atoms with van der Waals surface area (Å²) in [6, 6.07) is 3.78. The molecule has 1 aromatic rings. The molecule has 0 saturated carbocycles. The van der Waals surface area contributed by atoms with Gasteiger partial charge in [0, 0.05) is 11.7 Å². The van der Waals surface area contributed by atoms with E-state index < -0.39 is 0 Å². The van der Waals surface area contributed by atoms with E-state index in [0.29, 0.717) is 5.69 Å². The molecule has 0 aliphatic carbocycles. The van der Waals surface area contributed by atoms with E-state index in [-0.39, 0.29) is 11.4 Å². The van der Waals surface area contributed by atoms with E-state index in [2.05, 4.69) is 24.1 Å². The molecule has 0 aliphatic heterocycles. The highest BCUT2D eigenvalue weighted by atomic mass is 16.2. The van der Waals surface area contributed by atoms with Crippen molar-refractivity contribution in [1.82, 2.24) is 10.3 Å². The highest BCUT2D eigenvalue weighted by Gasteiger charge is 2.19. The first-order valence-corrected chi connectivity index (χ1v) is 5.76. The van der Waals surface area contributed by atoms with Crippen LogP contribution in [-0.4, -0.2) is 16.4 Å². The molecule has 3 heteroatoms. The molecule has 1 aromatic heterocycles. The third-order valence-electron chi connectivity index (χ3n) is 2.80. The Labute approximate surface area is 97.3 Å². The van der Waals surface area contributed by atoms with Crippen LogP contribution in [0.25, 0.3) is 0 Å². The first-order valence-electron chi connectivity index (χ1n) is 5.76. The minimum absolute atomic E-state index is 0.0952. The van der Waals surface area contributed by atoms with Crippen LogP contribution in [0.1, 0.15) is 50.2 Å². The zero-order valence-electron chi connectivity index (χ0n) is 10.5. The lowest BCUT2D eigenvalue weighted by atomic mass is 10.0. The summed E-state index contributed by atoms with van der Waals surface area (Å²) in [6.07, 6.45) is 3.50. The van der Waals surface area contributed by atoms with Crippen molar-refractivity contribution >= 4 is 5.91 Å². The Morgan fingerprint density at radius 3 is 2.69 bits per heavy atom. The lowest BCUT2D eigenvalue weighted by Crippen LogP contribution is -2.43. The van der Waals surface area contributed by atoms with Crippen molar-refractivity contribution in [2.45, 2.75) is 46.1 Å². The van der Waals surface area contributed by atoms with E-state index in [1.165, 1.54) is 0 Å². The number of nitrogens with one attached hydrogen (secondary N) is 1. The van der Waals surface area contributed by atoms with E-state index in [1.807, 2.05) is 26.0 Å². The Hall–Kier alpha value is -1.38. The van der Waals surface area contributed by atoms with E-state index in [9.17, 15) is 4.79 Å². The highest BCUT2D eigenvalue weighted by molar-refractivity contribution is 5.92. The van der Waals surface area contributed by atoms with E-state index in [1.54, 1.807) is 6.20 Å². The van der Waals surface area contributed by atoms with Crippen molar-refractivity contribution in [3.8, 4) is 0 Å². The fourth-order valence-electron chi connectivity index (χ4n) is 1.28. The molecule has 0 radical (unpaired) electrons. The molecule has 0 atom stereocenters. The largest absolute Gasteiger partial charge is 0.346 e. The molecule has 1 N–H and O–H groups in total. The van der Waals surface area contributed by atoms with E-state index in [0.717, 1.165) is 18.4 Å². The summed E-state index contributed by atoms with van der Waals surface area (Å²) in [7, 11) is 0. The molecule has 0 spiro atoms. The van der Waals surface area contributed by atoms with Crippen molar-refractivity contribution in [3.63, 3.8) is 0 Å². The summed E-state index contributed by atoms with van der Waals surface area (Å²) >= 11 is 0. The molecule has 0 bridgehead atoms. The number of aromatic nitrogens is 1. The van der Waals surface area contributed by atoms with Gasteiger partial charge in [-0.3, -0.25) is 9.78 Å². The smallest absolute Gasteiger partial charge is 0.270 e. The van der Waals surface area contributed by atoms with Crippen molar-refractivity contribution in [2.75, 3.05) is 0 Å². The number of amides is 1. The molecule has 1 amide bonds. The normalized spacial score (nSPS) is 11.2. The first kappa shape index (κ1) is 12.7. The van der Waals surface area contributed by atoms with Crippen molar-refractivity contribution in [2.24, 2.45) is 0 Å². The summed E-state index contributed by atoms with van der Waals surface area (Å²) < 4.78 is 0. The lowest BCUT2D eigenvalue weighted by Gasteiger charge is -2.24. The van der Waals surface area contributed by atoms with Crippen LogP contribution in [0.3, 0.4) is 0 Å². The Morgan fingerprint density at radius 2 is 2.12 bits per heavy atom. The molecule has 0 aromatic carbocycles. The fraction of sp³-hybridized carbons (Fsp3) is 0.538. The predicted molar refractivity (Wildman–Crippen MR) is 65.5 cm³/mol. The van der Waals surface area contributed by atoms with Gasteiger partial charge in [0.2, 0.25) is 0 Å². The van der Waals surface area contributed by atoms with Gasteiger partial charge >= 0.3 is 0 Å². The molecule has 0 fully saturated rings. The Balaban J connectivity index is 2.80. The Bertz CT molecular complexity index is 372. The third-order valence-corrected chi connectivity index (χ3v) is 2.80. The van der Waals surface area contributed by atoms with Gasteiger partial charge in [0.15, 0.2) is 0 Å². The monoisotopic (exact) mass is 220 g/mol. The number of carbonyl (C=O) groups is 1. The Kier molecular flexibility index (Phi) is 4.05. The average Bonchev–Trinajstić information content (AvgIpc) is 2.28. The van der Waals surface area contributed by atoms with Crippen LogP contribution in [0.5, 0.6) is 0 Å². The van der Waals surface area contributed by atoms with Gasteiger partial charge in [-0.1, -0.05) is 13.8 Å². The lowest BCUT2D eigenvalue weighted by molar-refractivity contribution is 0.0906. The molecular weight excluding hydrogens is 200 g/mol. The van der Waals surface area contributed by atoms with Crippen molar-refractivity contribution < 1.29 is 4.79 Å². The molecule has 0 unspecified atom stereocenters. The second-order valence-electron chi connectivity index (χ2n) is 4.59. The maximum Gasteiger partial charge on any atom is 0.270 e. The van der Waals surface area contributed by atoms with Gasteiger partial charge in [-0.25, -0.2) is 0 Å². The standard InChI is InChI=1S/C13H20N2O/c1-5-10-7-8-14-11(9-10)12(16)15-13(3,4)6-2/h7-9H,5-6H2,1-4H3,(H,15,16). The summed E-state index contributed by atoms with van der Waals surface area (Å²) in [5.74, 6) is -0.0952. The van der Waals surface area contributed by atoms with Gasteiger partial charge < -0.3 is 5.32 Å². The number of aryl methyl sites for hydroxylation is 1. The fourth-order valence-corrected chi connectivity index (χ4v) is 1.28. The van der Waals surface area contributed by atoms with Gasteiger partial charge in [0.05, 0.1) is 0 Å². The van der Waals surface area contributed by atoms with Crippen LogP contribution in [-0.2, 0) is 6.42 Å². The molecule has 1 heterocycles. The molecule has 0 saturated heterocycles. The quantitative estimate of drug-likeness (QED) is 0.847. The molecule has 1 rings (SSSR count). The highest BCUT2D eigenvalue weighted by Crippen LogP contribution is 2.09. The Morgan fingerprint density at radius 1 is 1.44 bits per heavy atom. The van der Waals surface area contributed by atoms with Crippen LogP contribution in [0.4, 0.5) is 0 Å². The van der Waals surface area contributed by atoms with Gasteiger partial charge in [-0.15, -0.1) is 0 Å². The second-order valence-corrected chi connectivity index (χ2v) is 4.59. The van der Waals surface area contributed by atoms with Gasteiger partial charge in [-0.2, -0.15) is 0 Å². The minimum atomic E-state index is -0.180. The average molecular weight is 220 g/mol. The molecule has 88 valence electrons. The number of nitrogens with zero attached hydrogens (tertiary/aromatic N) is 1.